The van der Waals surface area contributed by atoms with Gasteiger partial charge in [0.25, 0.3) is 0 Å². The van der Waals surface area contributed by atoms with E-state index in [1.54, 1.807) is 0 Å². The van der Waals surface area contributed by atoms with Crippen LogP contribution in [0, 0.1) is 52.3 Å². The zero-order valence-electron chi connectivity index (χ0n) is 25.4. The predicted octanol–water partition coefficient (Wildman–Crippen LogP) is 9.07. The summed E-state index contributed by atoms with van der Waals surface area (Å²) in [6.07, 6.45) is 13.4. The standard InChI is InChI=1S/C36H52O3/c1-7-25(23(2)3)14-13-24(4)29-15-16-30-33-31(18-20-36(29,30)6)35(5)19-17-28(21-27(35)22-32(33)37)39-34(38)26-11-9-8-10-12-26/h8-12,22-25,28-31,33H,7,13-21H2,1-6H3/t24-,25+,28+,29-,30+,31+,33+,35+,36-/m1/s1. The van der Waals surface area contributed by atoms with E-state index in [9.17, 15) is 9.59 Å². The van der Waals surface area contributed by atoms with Crippen molar-refractivity contribution in [2.24, 2.45) is 52.3 Å². The fourth-order valence-electron chi connectivity index (χ4n) is 9.92. The molecule has 3 fully saturated rings. The molecule has 0 unspecified atom stereocenters. The second kappa shape index (κ2) is 11.2. The Labute approximate surface area is 237 Å². The lowest BCUT2D eigenvalue weighted by molar-refractivity contribution is -0.135. The first-order chi connectivity index (χ1) is 18.6. The second-order valence-corrected chi connectivity index (χ2v) is 14.6. The number of hydrogen-bond acceptors (Lipinski definition) is 3. The van der Waals surface area contributed by atoms with Gasteiger partial charge in [-0.2, -0.15) is 0 Å². The van der Waals surface area contributed by atoms with Gasteiger partial charge in [-0.15, -0.1) is 0 Å². The normalized spacial score (nSPS) is 37.4. The summed E-state index contributed by atoms with van der Waals surface area (Å²) < 4.78 is 5.94. The number of benzene rings is 1. The zero-order chi connectivity index (χ0) is 27.9. The van der Waals surface area contributed by atoms with Gasteiger partial charge in [0.1, 0.15) is 6.10 Å². The van der Waals surface area contributed by atoms with Gasteiger partial charge in [0.05, 0.1) is 5.56 Å². The maximum Gasteiger partial charge on any atom is 0.338 e. The van der Waals surface area contributed by atoms with Crippen molar-refractivity contribution >= 4 is 11.8 Å². The van der Waals surface area contributed by atoms with Gasteiger partial charge >= 0.3 is 5.97 Å². The Kier molecular flexibility index (Phi) is 8.20. The third-order valence-corrected chi connectivity index (χ3v) is 12.4. The largest absolute Gasteiger partial charge is 0.458 e. The van der Waals surface area contributed by atoms with Crippen LogP contribution < -0.4 is 0 Å². The number of fused-ring (bicyclic) bond motifs is 5. The monoisotopic (exact) mass is 532 g/mol. The molecule has 4 aliphatic rings. The van der Waals surface area contributed by atoms with Crippen molar-refractivity contribution in [1.82, 2.24) is 0 Å². The molecular formula is C36H52O3. The SMILES string of the molecule is CC[C@@H](CC[C@@H](C)[C@H]1CC[C@H]2[C@@H]3C(=O)C=C4C[C@@H](OC(=O)c5ccccc5)CC[C@]4(C)[C@H]3CC[C@]12C)C(C)C. The van der Waals surface area contributed by atoms with Gasteiger partial charge in [0.2, 0.25) is 0 Å². The third-order valence-electron chi connectivity index (χ3n) is 12.4. The van der Waals surface area contributed by atoms with E-state index >= 15 is 0 Å². The summed E-state index contributed by atoms with van der Waals surface area (Å²) in [7, 11) is 0. The third kappa shape index (κ3) is 5.17. The molecule has 4 aliphatic carbocycles. The van der Waals surface area contributed by atoms with Crippen molar-refractivity contribution in [1.29, 1.82) is 0 Å². The quantitative estimate of drug-likeness (QED) is 0.314. The molecule has 0 bridgehead atoms. The Morgan fingerprint density at radius 1 is 0.974 bits per heavy atom. The first kappa shape index (κ1) is 28.6. The molecule has 3 heteroatoms. The Bertz CT molecular complexity index is 1070. The lowest BCUT2D eigenvalue weighted by Crippen LogP contribution is -2.53. The van der Waals surface area contributed by atoms with Crippen LogP contribution in [-0.2, 0) is 9.53 Å². The van der Waals surface area contributed by atoms with Gasteiger partial charge in [0.15, 0.2) is 5.78 Å². The van der Waals surface area contributed by atoms with E-state index in [0.717, 1.165) is 36.5 Å². The molecule has 3 saturated carbocycles. The Morgan fingerprint density at radius 2 is 1.72 bits per heavy atom. The summed E-state index contributed by atoms with van der Waals surface area (Å²) >= 11 is 0. The second-order valence-electron chi connectivity index (χ2n) is 14.6. The molecule has 5 rings (SSSR count). The van der Waals surface area contributed by atoms with Gasteiger partial charge in [-0.25, -0.2) is 4.79 Å². The van der Waals surface area contributed by atoms with Crippen LogP contribution in [0.1, 0.15) is 116 Å². The van der Waals surface area contributed by atoms with E-state index in [-0.39, 0.29) is 23.4 Å². The van der Waals surface area contributed by atoms with Crippen LogP contribution in [0.4, 0.5) is 0 Å². The van der Waals surface area contributed by atoms with Crippen LogP contribution in [-0.4, -0.2) is 17.9 Å². The van der Waals surface area contributed by atoms with Crippen molar-refractivity contribution < 1.29 is 14.3 Å². The fraction of sp³-hybridized carbons (Fsp3) is 0.722. The molecule has 0 amide bonds. The zero-order valence-corrected chi connectivity index (χ0v) is 25.4. The van der Waals surface area contributed by atoms with Crippen LogP contribution >= 0.6 is 0 Å². The number of allylic oxidation sites excluding steroid dienone is 1. The number of carbonyl (C=O) groups is 2. The van der Waals surface area contributed by atoms with Crippen molar-refractivity contribution in [3.63, 3.8) is 0 Å². The average molecular weight is 533 g/mol. The van der Waals surface area contributed by atoms with Gasteiger partial charge < -0.3 is 4.74 Å². The highest BCUT2D eigenvalue weighted by Crippen LogP contribution is 2.66. The Balaban J connectivity index is 1.29. The first-order valence-electron chi connectivity index (χ1n) is 16.1. The van der Waals surface area contributed by atoms with Crippen molar-refractivity contribution in [2.45, 2.75) is 112 Å². The number of esters is 1. The Morgan fingerprint density at radius 3 is 2.41 bits per heavy atom. The van der Waals surface area contributed by atoms with E-state index in [1.807, 2.05) is 36.4 Å². The molecule has 3 nitrogen and oxygen atoms in total. The molecule has 0 aromatic heterocycles. The van der Waals surface area contributed by atoms with Crippen molar-refractivity contribution in [2.75, 3.05) is 0 Å². The van der Waals surface area contributed by atoms with E-state index in [4.69, 9.17) is 4.74 Å². The lowest BCUT2D eigenvalue weighted by atomic mass is 9.46. The number of ketones is 1. The highest BCUT2D eigenvalue weighted by atomic mass is 16.5. The molecule has 0 aliphatic heterocycles. The minimum Gasteiger partial charge on any atom is -0.458 e. The average Bonchev–Trinajstić information content (AvgIpc) is 3.27. The van der Waals surface area contributed by atoms with E-state index in [0.29, 0.717) is 35.0 Å². The van der Waals surface area contributed by atoms with Crippen LogP contribution in [0.2, 0.25) is 0 Å². The maximum absolute atomic E-state index is 13.9. The summed E-state index contributed by atoms with van der Waals surface area (Å²) in [4.78, 5) is 26.6. The van der Waals surface area contributed by atoms with Crippen LogP contribution in [0.25, 0.3) is 0 Å². The highest BCUT2D eigenvalue weighted by molar-refractivity contribution is 5.94. The van der Waals surface area contributed by atoms with Crippen LogP contribution in [0.3, 0.4) is 0 Å². The van der Waals surface area contributed by atoms with Crippen molar-refractivity contribution in [3.8, 4) is 0 Å². The molecule has 1 aromatic carbocycles. The molecule has 0 radical (unpaired) electrons. The summed E-state index contributed by atoms with van der Waals surface area (Å²) in [5, 5.41) is 0. The molecule has 0 heterocycles. The number of carbonyl (C=O) groups excluding carboxylic acids is 2. The van der Waals surface area contributed by atoms with Gasteiger partial charge in [0, 0.05) is 12.3 Å². The van der Waals surface area contributed by atoms with Crippen LogP contribution in [0.15, 0.2) is 42.0 Å². The molecule has 9 atom stereocenters. The minimum atomic E-state index is -0.247. The molecule has 1 aromatic rings. The summed E-state index contributed by atoms with van der Waals surface area (Å²) in [5.41, 5.74) is 2.20. The van der Waals surface area contributed by atoms with E-state index < -0.39 is 0 Å². The Hall–Kier alpha value is -1.90. The maximum atomic E-state index is 13.9. The summed E-state index contributed by atoms with van der Waals surface area (Å²) in [6.45, 7) is 14.6. The van der Waals surface area contributed by atoms with Gasteiger partial charge in [-0.1, -0.05) is 78.2 Å². The number of hydrogen-bond donors (Lipinski definition) is 0. The van der Waals surface area contributed by atoms with E-state index in [2.05, 4.69) is 41.5 Å². The topological polar surface area (TPSA) is 43.4 Å². The fourth-order valence-corrected chi connectivity index (χ4v) is 9.92. The number of ether oxygens (including phenoxy) is 1. The van der Waals surface area contributed by atoms with Crippen molar-refractivity contribution in [3.05, 3.63) is 47.5 Å². The lowest BCUT2D eigenvalue weighted by Gasteiger charge is -2.57. The molecule has 0 spiro atoms. The summed E-state index contributed by atoms with van der Waals surface area (Å²) in [5.74, 6) is 4.34. The van der Waals surface area contributed by atoms with Gasteiger partial charge in [-0.05, 0) is 109 Å². The highest BCUT2D eigenvalue weighted by Gasteiger charge is 2.61. The molecule has 0 N–H and O–H groups in total. The molecule has 39 heavy (non-hydrogen) atoms. The predicted molar refractivity (Wildman–Crippen MR) is 158 cm³/mol. The minimum absolute atomic E-state index is 0.0604. The smallest absolute Gasteiger partial charge is 0.338 e. The molecule has 214 valence electrons. The summed E-state index contributed by atoms with van der Waals surface area (Å²) in [6, 6.07) is 9.27. The van der Waals surface area contributed by atoms with E-state index in [1.165, 1.54) is 50.5 Å². The van der Waals surface area contributed by atoms with Gasteiger partial charge in [-0.3, -0.25) is 4.79 Å². The first-order valence-corrected chi connectivity index (χ1v) is 16.1. The van der Waals surface area contributed by atoms with Crippen LogP contribution in [0.5, 0.6) is 0 Å². The molecule has 0 saturated heterocycles. The number of rotatable bonds is 8. The molecular weight excluding hydrogens is 480 g/mol.